The second-order valence-electron chi connectivity index (χ2n) is 6.03. The number of hydrogen-bond acceptors (Lipinski definition) is 3. The summed E-state index contributed by atoms with van der Waals surface area (Å²) in [4.78, 5) is 23.6. The van der Waals surface area contributed by atoms with E-state index in [0.717, 1.165) is 36.0 Å². The van der Waals surface area contributed by atoms with Gasteiger partial charge in [0.1, 0.15) is 0 Å². The number of carbonyl (C=O) groups is 2. The van der Waals surface area contributed by atoms with Crippen molar-refractivity contribution in [2.24, 2.45) is 5.92 Å². The molecule has 0 aromatic heterocycles. The van der Waals surface area contributed by atoms with Gasteiger partial charge in [-0.05, 0) is 49.5 Å². The first-order valence-corrected chi connectivity index (χ1v) is 8.84. The number of rotatable bonds is 6. The zero-order chi connectivity index (χ0) is 16.7. The van der Waals surface area contributed by atoms with Crippen LogP contribution < -0.4 is 16.0 Å². The van der Waals surface area contributed by atoms with Gasteiger partial charge in [-0.1, -0.05) is 28.1 Å². The lowest BCUT2D eigenvalue weighted by Crippen LogP contribution is -2.39. The average Bonchev–Trinajstić information content (AvgIpc) is 2.53. The second kappa shape index (κ2) is 9.03. The fourth-order valence-electron chi connectivity index (χ4n) is 2.81. The maximum atomic E-state index is 12.2. The van der Waals surface area contributed by atoms with Crippen LogP contribution in [0.3, 0.4) is 0 Å². The van der Waals surface area contributed by atoms with E-state index in [0.29, 0.717) is 12.5 Å². The van der Waals surface area contributed by atoms with Gasteiger partial charge in [-0.15, -0.1) is 0 Å². The summed E-state index contributed by atoms with van der Waals surface area (Å²) in [6.07, 6.45) is 2.56. The van der Waals surface area contributed by atoms with Crippen molar-refractivity contribution in [3.05, 3.63) is 34.3 Å². The Morgan fingerprint density at radius 2 is 2.09 bits per heavy atom. The van der Waals surface area contributed by atoms with E-state index in [1.807, 2.05) is 24.3 Å². The van der Waals surface area contributed by atoms with E-state index in [9.17, 15) is 9.59 Å². The fraction of sp³-hybridized carbons (Fsp3) is 0.529. The molecule has 1 saturated heterocycles. The van der Waals surface area contributed by atoms with Crippen LogP contribution in [0.1, 0.15) is 37.8 Å². The van der Waals surface area contributed by atoms with Crippen molar-refractivity contribution in [3.63, 3.8) is 0 Å². The largest absolute Gasteiger partial charge is 0.356 e. The highest BCUT2D eigenvalue weighted by Gasteiger charge is 2.19. The summed E-state index contributed by atoms with van der Waals surface area (Å²) in [7, 11) is 0. The molecular formula is C17H24BrN3O2. The van der Waals surface area contributed by atoms with Crippen LogP contribution in [0.5, 0.6) is 0 Å². The summed E-state index contributed by atoms with van der Waals surface area (Å²) in [5, 5.41) is 9.20. The van der Waals surface area contributed by atoms with E-state index in [1.54, 1.807) is 0 Å². The van der Waals surface area contributed by atoms with Gasteiger partial charge in [-0.25, -0.2) is 0 Å². The average molecular weight is 382 g/mol. The molecule has 0 spiro atoms. The van der Waals surface area contributed by atoms with Crippen LogP contribution in [0.25, 0.3) is 0 Å². The molecule has 0 aliphatic carbocycles. The van der Waals surface area contributed by atoms with Crippen LogP contribution in [0.15, 0.2) is 28.7 Å². The van der Waals surface area contributed by atoms with Gasteiger partial charge in [-0.2, -0.15) is 0 Å². The minimum atomic E-state index is -0.301. The minimum Gasteiger partial charge on any atom is -0.356 e. The number of benzene rings is 1. The third-order valence-corrected chi connectivity index (χ3v) is 4.55. The Hall–Kier alpha value is -1.40. The van der Waals surface area contributed by atoms with E-state index >= 15 is 0 Å². The maximum absolute atomic E-state index is 12.2. The molecule has 126 valence electrons. The lowest BCUT2D eigenvalue weighted by Gasteiger charge is -2.24. The first-order chi connectivity index (χ1) is 11.0. The van der Waals surface area contributed by atoms with Gasteiger partial charge in [0.2, 0.25) is 11.8 Å². The van der Waals surface area contributed by atoms with Gasteiger partial charge in [0.25, 0.3) is 0 Å². The van der Waals surface area contributed by atoms with Crippen molar-refractivity contribution in [2.75, 3.05) is 19.6 Å². The molecule has 6 heteroatoms. The third kappa shape index (κ3) is 6.31. The summed E-state index contributed by atoms with van der Waals surface area (Å²) in [6, 6.07) is 7.36. The van der Waals surface area contributed by atoms with Gasteiger partial charge in [0.05, 0.1) is 12.5 Å². The van der Waals surface area contributed by atoms with E-state index in [2.05, 4.69) is 31.9 Å². The zero-order valence-corrected chi connectivity index (χ0v) is 15.0. The Morgan fingerprint density at radius 1 is 1.35 bits per heavy atom. The minimum absolute atomic E-state index is 0.0303. The first-order valence-electron chi connectivity index (χ1n) is 8.04. The van der Waals surface area contributed by atoms with Crippen molar-refractivity contribution in [3.8, 4) is 0 Å². The van der Waals surface area contributed by atoms with Gasteiger partial charge >= 0.3 is 0 Å². The highest BCUT2D eigenvalue weighted by Crippen LogP contribution is 2.20. The molecule has 2 amide bonds. The number of halogens is 1. The van der Waals surface area contributed by atoms with Crippen LogP contribution in [0.2, 0.25) is 0 Å². The maximum Gasteiger partial charge on any atom is 0.222 e. The molecule has 1 aromatic carbocycles. The van der Waals surface area contributed by atoms with Crippen molar-refractivity contribution >= 4 is 27.7 Å². The molecule has 5 nitrogen and oxygen atoms in total. The molecule has 1 fully saturated rings. The number of nitrogens with one attached hydrogen (secondary N) is 3. The summed E-state index contributed by atoms with van der Waals surface area (Å²) < 4.78 is 0.970. The Bertz CT molecular complexity index is 527. The van der Waals surface area contributed by atoms with E-state index in [-0.39, 0.29) is 24.3 Å². The topological polar surface area (TPSA) is 70.2 Å². The Labute approximate surface area is 145 Å². The molecule has 1 aliphatic heterocycles. The molecule has 1 aromatic rings. The Kier molecular flexibility index (Phi) is 7.05. The monoisotopic (exact) mass is 381 g/mol. The number of carbonyl (C=O) groups excluding carboxylic acids is 2. The summed E-state index contributed by atoms with van der Waals surface area (Å²) in [5.74, 6) is 0.332. The molecule has 0 saturated carbocycles. The van der Waals surface area contributed by atoms with Crippen molar-refractivity contribution in [2.45, 2.75) is 32.2 Å². The summed E-state index contributed by atoms with van der Waals surface area (Å²) in [5.41, 5.74) is 0.929. The van der Waals surface area contributed by atoms with Crippen molar-refractivity contribution < 1.29 is 9.59 Å². The first kappa shape index (κ1) is 17.9. The standard InChI is InChI=1S/C17H24BrN3O2/c1-12(22)21-16(14-4-6-15(18)7-5-14)9-17(23)20-11-13-3-2-8-19-10-13/h4-7,13,16,19H,2-3,8-11H2,1H3,(H,20,23)(H,21,22). The molecule has 2 atom stereocenters. The van der Waals surface area contributed by atoms with Gasteiger partial charge in [0.15, 0.2) is 0 Å². The third-order valence-electron chi connectivity index (χ3n) is 4.03. The highest BCUT2D eigenvalue weighted by atomic mass is 79.9. The number of hydrogen-bond donors (Lipinski definition) is 3. The quantitative estimate of drug-likeness (QED) is 0.706. The lowest BCUT2D eigenvalue weighted by atomic mass is 9.99. The molecule has 2 unspecified atom stereocenters. The van der Waals surface area contributed by atoms with Crippen LogP contribution in [-0.2, 0) is 9.59 Å². The molecule has 0 radical (unpaired) electrons. The smallest absolute Gasteiger partial charge is 0.222 e. The highest BCUT2D eigenvalue weighted by molar-refractivity contribution is 9.10. The van der Waals surface area contributed by atoms with Gasteiger partial charge < -0.3 is 16.0 Å². The summed E-state index contributed by atoms with van der Waals surface area (Å²) in [6.45, 7) is 4.19. The Balaban J connectivity index is 1.89. The fourth-order valence-corrected chi connectivity index (χ4v) is 3.07. The SMILES string of the molecule is CC(=O)NC(CC(=O)NCC1CCCNC1)c1ccc(Br)cc1. The van der Waals surface area contributed by atoms with E-state index in [4.69, 9.17) is 0 Å². The molecule has 1 heterocycles. The Morgan fingerprint density at radius 3 is 2.70 bits per heavy atom. The molecule has 2 rings (SSSR count). The zero-order valence-electron chi connectivity index (χ0n) is 13.4. The van der Waals surface area contributed by atoms with E-state index < -0.39 is 0 Å². The predicted molar refractivity (Wildman–Crippen MR) is 93.9 cm³/mol. The van der Waals surface area contributed by atoms with Crippen molar-refractivity contribution in [1.29, 1.82) is 0 Å². The summed E-state index contributed by atoms with van der Waals surface area (Å²) >= 11 is 3.39. The number of piperidine rings is 1. The van der Waals surface area contributed by atoms with Crippen LogP contribution in [0.4, 0.5) is 0 Å². The van der Waals surface area contributed by atoms with Crippen LogP contribution in [-0.4, -0.2) is 31.4 Å². The van der Waals surface area contributed by atoms with Crippen LogP contribution >= 0.6 is 15.9 Å². The molecular weight excluding hydrogens is 358 g/mol. The van der Waals surface area contributed by atoms with Gasteiger partial charge in [0, 0.05) is 17.9 Å². The van der Waals surface area contributed by atoms with Crippen molar-refractivity contribution in [1.82, 2.24) is 16.0 Å². The van der Waals surface area contributed by atoms with Crippen LogP contribution in [0, 0.1) is 5.92 Å². The molecule has 1 aliphatic rings. The second-order valence-corrected chi connectivity index (χ2v) is 6.94. The molecule has 3 N–H and O–H groups in total. The van der Waals surface area contributed by atoms with Gasteiger partial charge in [-0.3, -0.25) is 9.59 Å². The molecule has 0 bridgehead atoms. The normalized spacial score (nSPS) is 19.0. The predicted octanol–water partition coefficient (Wildman–Crippen LogP) is 2.13. The van der Waals surface area contributed by atoms with E-state index in [1.165, 1.54) is 6.92 Å². The molecule has 23 heavy (non-hydrogen) atoms. The number of amides is 2. The lowest BCUT2D eigenvalue weighted by molar-refractivity contribution is -0.123.